The number of nitrogen functional groups attached to an aromatic ring is 1. The van der Waals surface area contributed by atoms with Crippen LogP contribution in [-0.4, -0.2) is 18.7 Å². The van der Waals surface area contributed by atoms with E-state index in [4.69, 9.17) is 15.2 Å². The number of rotatable bonds is 5. The second-order valence-electron chi connectivity index (χ2n) is 4.21. The summed E-state index contributed by atoms with van der Waals surface area (Å²) in [5, 5.41) is 0. The summed E-state index contributed by atoms with van der Waals surface area (Å²) in [4.78, 5) is 11.4. The van der Waals surface area contributed by atoms with E-state index in [0.717, 1.165) is 19.3 Å². The molecule has 0 radical (unpaired) electrons. The molecule has 0 aliphatic heterocycles. The molecule has 0 spiro atoms. The molecule has 4 heteroatoms. The van der Waals surface area contributed by atoms with Crippen LogP contribution in [0.5, 0.6) is 5.75 Å². The lowest BCUT2D eigenvalue weighted by Gasteiger charge is -2.25. The second-order valence-corrected chi connectivity index (χ2v) is 4.21. The van der Waals surface area contributed by atoms with E-state index in [2.05, 4.69) is 0 Å². The van der Waals surface area contributed by atoms with Crippen molar-refractivity contribution in [2.24, 2.45) is 0 Å². The van der Waals surface area contributed by atoms with Crippen LogP contribution >= 0.6 is 0 Å². The van der Waals surface area contributed by atoms with Crippen molar-refractivity contribution in [1.82, 2.24) is 0 Å². The molecule has 2 rings (SSSR count). The third-order valence-corrected chi connectivity index (χ3v) is 2.78. The van der Waals surface area contributed by atoms with E-state index in [-0.39, 0.29) is 18.5 Å². The molecule has 1 aromatic carbocycles. The molecule has 0 heterocycles. The van der Waals surface area contributed by atoms with Crippen molar-refractivity contribution < 1.29 is 14.3 Å². The van der Waals surface area contributed by atoms with E-state index >= 15 is 0 Å². The van der Waals surface area contributed by atoms with Gasteiger partial charge in [0, 0.05) is 11.8 Å². The van der Waals surface area contributed by atoms with E-state index in [0.29, 0.717) is 18.0 Å². The maximum absolute atomic E-state index is 11.4. The number of hydrogen-bond donors (Lipinski definition) is 1. The van der Waals surface area contributed by atoms with Crippen LogP contribution in [0.2, 0.25) is 0 Å². The van der Waals surface area contributed by atoms with Crippen molar-refractivity contribution in [3.63, 3.8) is 0 Å². The Hall–Kier alpha value is -1.71. The summed E-state index contributed by atoms with van der Waals surface area (Å²) in [6.45, 7) is 0.328. The molecule has 92 valence electrons. The van der Waals surface area contributed by atoms with Gasteiger partial charge in [0.25, 0.3) is 0 Å². The molecular formula is C13H17NO3. The summed E-state index contributed by atoms with van der Waals surface area (Å²) in [7, 11) is 0. The largest absolute Gasteiger partial charge is 0.493 e. The molecule has 1 aromatic rings. The Labute approximate surface area is 101 Å². The second kappa shape index (κ2) is 5.57. The van der Waals surface area contributed by atoms with E-state index < -0.39 is 0 Å². The van der Waals surface area contributed by atoms with E-state index in [1.165, 1.54) is 0 Å². The molecule has 0 amide bonds. The predicted molar refractivity (Wildman–Crippen MR) is 64.7 cm³/mol. The summed E-state index contributed by atoms with van der Waals surface area (Å²) in [6, 6.07) is 7.15. The van der Waals surface area contributed by atoms with Crippen molar-refractivity contribution in [2.45, 2.75) is 31.8 Å². The van der Waals surface area contributed by atoms with Crippen LogP contribution in [0.3, 0.4) is 0 Å². The van der Waals surface area contributed by atoms with Gasteiger partial charge in [0.1, 0.15) is 11.9 Å². The first kappa shape index (κ1) is 11.8. The molecule has 1 saturated carbocycles. The van der Waals surface area contributed by atoms with Gasteiger partial charge < -0.3 is 15.2 Å². The number of carbonyl (C=O) groups excluding carboxylic acids is 1. The van der Waals surface area contributed by atoms with Gasteiger partial charge in [0.2, 0.25) is 0 Å². The van der Waals surface area contributed by atoms with Crippen LogP contribution in [0.25, 0.3) is 0 Å². The summed E-state index contributed by atoms with van der Waals surface area (Å²) < 4.78 is 10.6. The normalized spacial score (nSPS) is 15.1. The van der Waals surface area contributed by atoms with Crippen molar-refractivity contribution in [2.75, 3.05) is 12.3 Å². The number of ether oxygens (including phenoxy) is 2. The molecule has 1 aliphatic rings. The molecule has 0 atom stereocenters. The maximum Gasteiger partial charge on any atom is 0.309 e. The number of anilines is 1. The minimum atomic E-state index is -0.182. The smallest absolute Gasteiger partial charge is 0.309 e. The van der Waals surface area contributed by atoms with E-state index in [9.17, 15) is 4.79 Å². The molecule has 0 aromatic heterocycles. The van der Waals surface area contributed by atoms with Gasteiger partial charge in [0.15, 0.2) is 0 Å². The Balaban J connectivity index is 1.66. The Kier molecular flexibility index (Phi) is 3.85. The molecule has 1 aliphatic carbocycles. The van der Waals surface area contributed by atoms with Gasteiger partial charge in [-0.05, 0) is 31.4 Å². The van der Waals surface area contributed by atoms with Crippen molar-refractivity contribution in [3.8, 4) is 5.75 Å². The highest BCUT2D eigenvalue weighted by Crippen LogP contribution is 2.22. The van der Waals surface area contributed by atoms with E-state index in [1.807, 2.05) is 12.1 Å². The highest BCUT2D eigenvalue weighted by atomic mass is 16.5. The number of benzene rings is 1. The number of hydrogen-bond acceptors (Lipinski definition) is 4. The SMILES string of the molecule is Nc1cccc(OCCC(=O)OC2CCC2)c1. The molecular weight excluding hydrogens is 218 g/mol. The quantitative estimate of drug-likeness (QED) is 0.627. The minimum absolute atomic E-state index is 0.148. The molecule has 17 heavy (non-hydrogen) atoms. The van der Waals surface area contributed by atoms with Crippen LogP contribution in [0.15, 0.2) is 24.3 Å². The van der Waals surface area contributed by atoms with Gasteiger partial charge in [-0.1, -0.05) is 6.07 Å². The van der Waals surface area contributed by atoms with Gasteiger partial charge in [-0.3, -0.25) is 4.79 Å². The van der Waals surface area contributed by atoms with E-state index in [1.54, 1.807) is 12.1 Å². The zero-order valence-electron chi connectivity index (χ0n) is 9.72. The lowest BCUT2D eigenvalue weighted by Crippen LogP contribution is -2.25. The summed E-state index contributed by atoms with van der Waals surface area (Å²) in [5.41, 5.74) is 6.26. The van der Waals surface area contributed by atoms with Crippen molar-refractivity contribution >= 4 is 11.7 Å². The van der Waals surface area contributed by atoms with Gasteiger partial charge in [-0.25, -0.2) is 0 Å². The summed E-state index contributed by atoms with van der Waals surface area (Å²) >= 11 is 0. The van der Waals surface area contributed by atoms with Crippen LogP contribution < -0.4 is 10.5 Å². The first-order valence-corrected chi connectivity index (χ1v) is 5.92. The number of esters is 1. The fourth-order valence-electron chi connectivity index (χ4n) is 1.59. The van der Waals surface area contributed by atoms with Crippen LogP contribution in [-0.2, 0) is 9.53 Å². The molecule has 0 saturated heterocycles. The van der Waals surface area contributed by atoms with Gasteiger partial charge in [0.05, 0.1) is 13.0 Å². The van der Waals surface area contributed by atoms with Crippen LogP contribution in [0.4, 0.5) is 5.69 Å². The van der Waals surface area contributed by atoms with Crippen LogP contribution in [0, 0.1) is 0 Å². The highest BCUT2D eigenvalue weighted by Gasteiger charge is 2.21. The standard InChI is InChI=1S/C13H17NO3/c14-10-3-1-6-12(9-10)16-8-7-13(15)17-11-4-2-5-11/h1,3,6,9,11H,2,4-5,7-8,14H2. The zero-order chi connectivity index (χ0) is 12.1. The molecule has 0 bridgehead atoms. The highest BCUT2D eigenvalue weighted by molar-refractivity contribution is 5.69. The maximum atomic E-state index is 11.4. The number of nitrogens with two attached hydrogens (primary N) is 1. The lowest BCUT2D eigenvalue weighted by molar-refractivity contribution is -0.153. The zero-order valence-corrected chi connectivity index (χ0v) is 9.72. The Morgan fingerprint density at radius 1 is 1.41 bits per heavy atom. The van der Waals surface area contributed by atoms with Crippen LogP contribution in [0.1, 0.15) is 25.7 Å². The fraction of sp³-hybridized carbons (Fsp3) is 0.462. The molecule has 1 fully saturated rings. The Morgan fingerprint density at radius 2 is 2.24 bits per heavy atom. The first-order valence-electron chi connectivity index (χ1n) is 5.92. The average Bonchev–Trinajstić information content (AvgIpc) is 2.24. The lowest BCUT2D eigenvalue weighted by atomic mass is 9.96. The predicted octanol–water partition coefficient (Wildman–Crippen LogP) is 2.13. The minimum Gasteiger partial charge on any atom is -0.493 e. The Morgan fingerprint density at radius 3 is 2.88 bits per heavy atom. The van der Waals surface area contributed by atoms with Crippen molar-refractivity contribution in [1.29, 1.82) is 0 Å². The van der Waals surface area contributed by atoms with Gasteiger partial charge in [-0.15, -0.1) is 0 Å². The summed E-state index contributed by atoms with van der Waals surface area (Å²) in [6.07, 6.45) is 3.60. The van der Waals surface area contributed by atoms with Gasteiger partial charge in [-0.2, -0.15) is 0 Å². The average molecular weight is 235 g/mol. The number of carbonyl (C=O) groups is 1. The monoisotopic (exact) mass is 235 g/mol. The molecule has 2 N–H and O–H groups in total. The summed E-state index contributed by atoms with van der Waals surface area (Å²) in [5.74, 6) is 0.500. The molecule has 0 unspecified atom stereocenters. The topological polar surface area (TPSA) is 61.5 Å². The van der Waals surface area contributed by atoms with Crippen molar-refractivity contribution in [3.05, 3.63) is 24.3 Å². The third-order valence-electron chi connectivity index (χ3n) is 2.78. The Bertz CT molecular complexity index is 388. The fourth-order valence-corrected chi connectivity index (χ4v) is 1.59. The van der Waals surface area contributed by atoms with Gasteiger partial charge >= 0.3 is 5.97 Å². The molecule has 4 nitrogen and oxygen atoms in total. The third kappa shape index (κ3) is 3.66. The first-order chi connectivity index (χ1) is 8.24.